The summed E-state index contributed by atoms with van der Waals surface area (Å²) in [5.41, 5.74) is 0.211. The molecule has 0 unspecified atom stereocenters. The zero-order chi connectivity index (χ0) is 18.9. The maximum absolute atomic E-state index is 12.8. The van der Waals surface area contributed by atoms with E-state index in [4.69, 9.17) is 11.6 Å². The fourth-order valence-electron chi connectivity index (χ4n) is 2.20. The Labute approximate surface area is 155 Å². The molecule has 0 aliphatic rings. The second-order valence-corrected chi connectivity index (χ2v) is 6.73. The van der Waals surface area contributed by atoms with Crippen LogP contribution in [0.2, 0.25) is 5.02 Å². The molecule has 26 heavy (non-hydrogen) atoms. The van der Waals surface area contributed by atoms with E-state index >= 15 is 0 Å². The molecule has 1 N–H and O–H groups in total. The monoisotopic (exact) mass is 397 g/mol. The highest BCUT2D eigenvalue weighted by molar-refractivity contribution is 7.17. The van der Waals surface area contributed by atoms with E-state index in [-0.39, 0.29) is 15.6 Å². The summed E-state index contributed by atoms with van der Waals surface area (Å²) in [7, 11) is 0. The molecule has 3 rings (SSSR count). The van der Waals surface area contributed by atoms with Crippen molar-refractivity contribution >= 4 is 34.5 Å². The number of hydrogen-bond donors (Lipinski definition) is 1. The van der Waals surface area contributed by atoms with Crippen LogP contribution in [0.5, 0.6) is 0 Å². The average molecular weight is 398 g/mol. The molecule has 0 aliphatic heterocycles. The van der Waals surface area contributed by atoms with Crippen molar-refractivity contribution in [3.63, 3.8) is 0 Å². The Kier molecular flexibility index (Phi) is 4.97. The zero-order valence-corrected chi connectivity index (χ0v) is 14.8. The standard InChI is InChI=1S/C17H11ClF3N3OS/c1-9-14(26-16(23-9)10-3-2-6-22-8-10)15(25)24-13-7-11(17(19,20)21)4-5-12(13)18/h2-8H,1H3,(H,24,25). The summed E-state index contributed by atoms with van der Waals surface area (Å²) in [4.78, 5) is 21.1. The lowest BCUT2D eigenvalue weighted by atomic mass is 10.2. The summed E-state index contributed by atoms with van der Waals surface area (Å²) in [6.45, 7) is 1.65. The number of carbonyl (C=O) groups is 1. The molecule has 134 valence electrons. The summed E-state index contributed by atoms with van der Waals surface area (Å²) in [5, 5.41) is 3.04. The van der Waals surface area contributed by atoms with Crippen LogP contribution in [0, 0.1) is 6.92 Å². The lowest BCUT2D eigenvalue weighted by Gasteiger charge is -2.11. The first-order valence-corrected chi connectivity index (χ1v) is 8.51. The molecule has 2 aromatic heterocycles. The largest absolute Gasteiger partial charge is 0.416 e. The van der Waals surface area contributed by atoms with E-state index in [2.05, 4.69) is 15.3 Å². The smallest absolute Gasteiger partial charge is 0.320 e. The third-order valence-corrected chi connectivity index (χ3v) is 4.99. The molecule has 0 atom stereocenters. The number of thiazole rings is 1. The SMILES string of the molecule is Cc1nc(-c2cccnc2)sc1C(=O)Nc1cc(C(F)(F)F)ccc1Cl. The lowest BCUT2D eigenvalue weighted by Crippen LogP contribution is -2.13. The Hall–Kier alpha value is -2.45. The predicted molar refractivity (Wildman–Crippen MR) is 94.5 cm³/mol. The van der Waals surface area contributed by atoms with Gasteiger partial charge < -0.3 is 5.32 Å². The predicted octanol–water partition coefficient (Wildman–Crippen LogP) is 5.44. The van der Waals surface area contributed by atoms with Crippen LogP contribution in [-0.4, -0.2) is 15.9 Å². The van der Waals surface area contributed by atoms with E-state index in [1.807, 2.05) is 0 Å². The number of benzene rings is 1. The molecule has 9 heteroatoms. The molecule has 0 saturated heterocycles. The molecule has 0 aliphatic carbocycles. The number of amides is 1. The summed E-state index contributed by atoms with van der Waals surface area (Å²) in [5.74, 6) is -0.573. The zero-order valence-electron chi connectivity index (χ0n) is 13.3. The van der Waals surface area contributed by atoms with Gasteiger partial charge in [0.15, 0.2) is 0 Å². The average Bonchev–Trinajstić information content (AvgIpc) is 2.98. The van der Waals surface area contributed by atoms with Gasteiger partial charge in [-0.05, 0) is 37.3 Å². The van der Waals surface area contributed by atoms with E-state index in [1.165, 1.54) is 0 Å². The van der Waals surface area contributed by atoms with Crippen molar-refractivity contribution in [2.45, 2.75) is 13.1 Å². The number of rotatable bonds is 3. The Morgan fingerprint density at radius 1 is 1.27 bits per heavy atom. The highest BCUT2D eigenvalue weighted by Crippen LogP contribution is 2.34. The Bertz CT molecular complexity index is 958. The van der Waals surface area contributed by atoms with Crippen molar-refractivity contribution in [2.75, 3.05) is 5.32 Å². The van der Waals surface area contributed by atoms with E-state index < -0.39 is 17.6 Å². The fraction of sp³-hybridized carbons (Fsp3) is 0.118. The maximum atomic E-state index is 12.8. The minimum atomic E-state index is -4.53. The van der Waals surface area contributed by atoms with Gasteiger partial charge in [-0.25, -0.2) is 4.98 Å². The van der Waals surface area contributed by atoms with Crippen molar-refractivity contribution in [2.24, 2.45) is 0 Å². The van der Waals surface area contributed by atoms with Crippen LogP contribution in [-0.2, 0) is 6.18 Å². The van der Waals surface area contributed by atoms with Crippen LogP contribution in [0.4, 0.5) is 18.9 Å². The summed E-state index contributed by atoms with van der Waals surface area (Å²) in [6, 6.07) is 6.31. The van der Waals surface area contributed by atoms with E-state index in [0.29, 0.717) is 10.7 Å². The molecule has 3 aromatic rings. The van der Waals surface area contributed by atoms with Crippen LogP contribution in [0.3, 0.4) is 0 Å². The van der Waals surface area contributed by atoms with Crippen LogP contribution in [0.25, 0.3) is 10.6 Å². The van der Waals surface area contributed by atoms with Gasteiger partial charge in [0, 0.05) is 18.0 Å². The third-order valence-electron chi connectivity index (χ3n) is 3.45. The van der Waals surface area contributed by atoms with Crippen molar-refractivity contribution in [3.8, 4) is 10.6 Å². The molecular weight excluding hydrogens is 387 g/mol. The van der Waals surface area contributed by atoms with Gasteiger partial charge >= 0.3 is 6.18 Å². The minimum Gasteiger partial charge on any atom is -0.320 e. The summed E-state index contributed by atoms with van der Waals surface area (Å²) < 4.78 is 38.5. The minimum absolute atomic E-state index is 0.0148. The van der Waals surface area contributed by atoms with E-state index in [9.17, 15) is 18.0 Å². The first-order chi connectivity index (χ1) is 12.3. The van der Waals surface area contributed by atoms with Gasteiger partial charge in [0.2, 0.25) is 0 Å². The maximum Gasteiger partial charge on any atom is 0.416 e. The lowest BCUT2D eigenvalue weighted by molar-refractivity contribution is -0.137. The normalized spacial score (nSPS) is 11.4. The Balaban J connectivity index is 1.89. The first kappa shape index (κ1) is 18.3. The highest BCUT2D eigenvalue weighted by Gasteiger charge is 2.31. The fourth-order valence-corrected chi connectivity index (χ4v) is 3.31. The molecule has 0 radical (unpaired) electrons. The highest BCUT2D eigenvalue weighted by atomic mass is 35.5. The van der Waals surface area contributed by atoms with Crippen molar-refractivity contribution in [1.82, 2.24) is 9.97 Å². The molecule has 2 heterocycles. The van der Waals surface area contributed by atoms with Gasteiger partial charge in [-0.2, -0.15) is 13.2 Å². The summed E-state index contributed by atoms with van der Waals surface area (Å²) in [6.07, 6.45) is -1.30. The molecular formula is C17H11ClF3N3OS. The number of nitrogens with zero attached hydrogens (tertiary/aromatic N) is 2. The number of nitrogens with one attached hydrogen (secondary N) is 1. The number of carbonyl (C=O) groups excluding carboxylic acids is 1. The molecule has 0 fully saturated rings. The van der Waals surface area contributed by atoms with Gasteiger partial charge in [-0.3, -0.25) is 9.78 Å². The molecule has 1 amide bonds. The first-order valence-electron chi connectivity index (χ1n) is 7.31. The van der Waals surface area contributed by atoms with Crippen molar-refractivity contribution in [1.29, 1.82) is 0 Å². The number of halogens is 4. The Morgan fingerprint density at radius 3 is 2.69 bits per heavy atom. The number of alkyl halides is 3. The summed E-state index contributed by atoms with van der Waals surface area (Å²) >= 11 is 7.04. The number of anilines is 1. The van der Waals surface area contributed by atoms with Crippen LogP contribution in [0.15, 0.2) is 42.7 Å². The third kappa shape index (κ3) is 3.86. The number of aryl methyl sites for hydroxylation is 1. The van der Waals surface area contributed by atoms with Gasteiger partial charge in [-0.15, -0.1) is 11.3 Å². The quantitative estimate of drug-likeness (QED) is 0.640. The molecule has 0 spiro atoms. The molecule has 0 saturated carbocycles. The van der Waals surface area contributed by atoms with E-state index in [1.54, 1.807) is 31.5 Å². The number of pyridine rings is 1. The van der Waals surface area contributed by atoms with Crippen LogP contribution >= 0.6 is 22.9 Å². The molecule has 4 nitrogen and oxygen atoms in total. The van der Waals surface area contributed by atoms with Crippen LogP contribution < -0.4 is 5.32 Å². The number of hydrogen-bond acceptors (Lipinski definition) is 4. The topological polar surface area (TPSA) is 54.9 Å². The van der Waals surface area contributed by atoms with Gasteiger partial charge in [-0.1, -0.05) is 11.6 Å². The second-order valence-electron chi connectivity index (χ2n) is 5.32. The van der Waals surface area contributed by atoms with Gasteiger partial charge in [0.1, 0.15) is 9.88 Å². The van der Waals surface area contributed by atoms with E-state index in [0.717, 1.165) is 35.1 Å². The second kappa shape index (κ2) is 7.05. The Morgan fingerprint density at radius 2 is 2.04 bits per heavy atom. The van der Waals surface area contributed by atoms with Gasteiger partial charge in [0.25, 0.3) is 5.91 Å². The number of aromatic nitrogens is 2. The van der Waals surface area contributed by atoms with Gasteiger partial charge in [0.05, 0.1) is 22.0 Å². The van der Waals surface area contributed by atoms with Crippen LogP contribution in [0.1, 0.15) is 20.9 Å². The van der Waals surface area contributed by atoms with Crippen molar-refractivity contribution in [3.05, 3.63) is 63.9 Å². The molecule has 1 aromatic carbocycles. The molecule has 0 bridgehead atoms. The van der Waals surface area contributed by atoms with Crippen molar-refractivity contribution < 1.29 is 18.0 Å².